The molecule has 8 N–H and O–H groups in total. The fraction of sp³-hybridized carbons (Fsp3) is 0.632. The predicted octanol–water partition coefficient (Wildman–Crippen LogP) is -1.82. The number of carbonyl (C=O) groups excluding carboxylic acids is 3. The quantitative estimate of drug-likeness (QED) is 0.153. The molecule has 3 amide bonds. The van der Waals surface area contributed by atoms with Crippen LogP contribution in [0.2, 0.25) is 0 Å². The average Bonchev–Trinajstić information content (AvgIpc) is 3.26. The maximum Gasteiger partial charge on any atom is 0.326 e. The molecule has 1 aromatic rings. The van der Waals surface area contributed by atoms with E-state index in [1.54, 1.807) is 13.8 Å². The van der Waals surface area contributed by atoms with E-state index in [0.29, 0.717) is 12.1 Å². The van der Waals surface area contributed by atoms with E-state index in [0.717, 1.165) is 0 Å². The van der Waals surface area contributed by atoms with E-state index >= 15 is 0 Å². The molecule has 0 aromatic carbocycles. The third-order valence-corrected chi connectivity index (χ3v) is 5.38. The zero-order chi connectivity index (χ0) is 24.4. The Morgan fingerprint density at radius 1 is 1.12 bits per heavy atom. The van der Waals surface area contributed by atoms with Crippen LogP contribution in [0.5, 0.6) is 0 Å². The summed E-state index contributed by atoms with van der Waals surface area (Å²) in [7, 11) is 0. The van der Waals surface area contributed by atoms with Crippen molar-refractivity contribution in [3.05, 3.63) is 18.2 Å². The van der Waals surface area contributed by atoms with Crippen LogP contribution in [-0.4, -0.2) is 79.9 Å². The molecule has 1 heterocycles. The molecule has 13 heteroatoms. The molecule has 32 heavy (non-hydrogen) atoms. The van der Waals surface area contributed by atoms with Crippen molar-refractivity contribution in [2.45, 2.75) is 63.9 Å². The van der Waals surface area contributed by atoms with Crippen LogP contribution in [0.3, 0.4) is 0 Å². The Labute approximate surface area is 191 Å². The van der Waals surface area contributed by atoms with E-state index in [9.17, 15) is 29.4 Å². The molecular formula is C19H32N6O6S. The van der Waals surface area contributed by atoms with Crippen molar-refractivity contribution in [1.82, 2.24) is 25.9 Å². The number of carboxylic acid groups (broad SMARTS) is 1. The highest BCUT2D eigenvalue weighted by Crippen LogP contribution is 2.09. The minimum absolute atomic E-state index is 0.00956. The lowest BCUT2D eigenvalue weighted by molar-refractivity contribution is -0.144. The smallest absolute Gasteiger partial charge is 0.326 e. The number of nitrogens with two attached hydrogens (primary N) is 1. The Morgan fingerprint density at radius 2 is 1.75 bits per heavy atom. The molecule has 0 spiro atoms. The van der Waals surface area contributed by atoms with Crippen LogP contribution in [0.25, 0.3) is 0 Å². The maximum absolute atomic E-state index is 12.9. The number of carbonyl (C=O) groups is 4. The van der Waals surface area contributed by atoms with Crippen LogP contribution in [-0.2, 0) is 25.6 Å². The Hall–Kier alpha value is -2.64. The number of aromatic amines is 1. The van der Waals surface area contributed by atoms with Gasteiger partial charge in [-0.2, -0.15) is 12.6 Å². The highest BCUT2D eigenvalue weighted by molar-refractivity contribution is 7.80. The van der Waals surface area contributed by atoms with Crippen molar-refractivity contribution < 1.29 is 29.4 Å². The second kappa shape index (κ2) is 13.0. The van der Waals surface area contributed by atoms with E-state index in [4.69, 9.17) is 5.73 Å². The van der Waals surface area contributed by atoms with E-state index in [2.05, 4.69) is 38.5 Å². The van der Waals surface area contributed by atoms with Crippen LogP contribution in [0.1, 0.15) is 32.9 Å². The number of carboxylic acids is 1. The zero-order valence-corrected chi connectivity index (χ0v) is 19.1. The van der Waals surface area contributed by atoms with E-state index in [1.807, 2.05) is 0 Å². The molecule has 12 nitrogen and oxygen atoms in total. The molecule has 0 radical (unpaired) electrons. The lowest BCUT2D eigenvalue weighted by Crippen LogP contribution is -2.60. The third-order valence-electron chi connectivity index (χ3n) is 4.98. The highest BCUT2D eigenvalue weighted by atomic mass is 32.1. The van der Waals surface area contributed by atoms with E-state index in [-0.39, 0.29) is 18.1 Å². The van der Waals surface area contributed by atoms with Crippen molar-refractivity contribution in [2.24, 2.45) is 11.7 Å². The highest BCUT2D eigenvalue weighted by Gasteiger charge is 2.34. The molecule has 0 aliphatic carbocycles. The van der Waals surface area contributed by atoms with E-state index in [1.165, 1.54) is 19.4 Å². The number of amides is 3. The fourth-order valence-electron chi connectivity index (χ4n) is 2.77. The minimum Gasteiger partial charge on any atom is -0.480 e. The second-order valence-corrected chi connectivity index (χ2v) is 7.93. The summed E-state index contributed by atoms with van der Waals surface area (Å²) in [6.45, 7) is 4.72. The van der Waals surface area contributed by atoms with Gasteiger partial charge in [-0.1, -0.05) is 20.3 Å². The summed E-state index contributed by atoms with van der Waals surface area (Å²) < 4.78 is 0. The summed E-state index contributed by atoms with van der Waals surface area (Å²) in [5.74, 6) is -3.81. The van der Waals surface area contributed by atoms with Gasteiger partial charge < -0.3 is 36.9 Å². The van der Waals surface area contributed by atoms with Gasteiger partial charge in [0.15, 0.2) is 0 Å². The van der Waals surface area contributed by atoms with Crippen LogP contribution in [0.4, 0.5) is 0 Å². The van der Waals surface area contributed by atoms with Crippen molar-refractivity contribution in [3.63, 3.8) is 0 Å². The van der Waals surface area contributed by atoms with Gasteiger partial charge in [0, 0.05) is 24.1 Å². The summed E-state index contributed by atoms with van der Waals surface area (Å²) in [5.41, 5.74) is 6.19. The summed E-state index contributed by atoms with van der Waals surface area (Å²) in [6.07, 6.45) is 2.03. The van der Waals surface area contributed by atoms with Gasteiger partial charge in [-0.3, -0.25) is 14.4 Å². The molecule has 0 fully saturated rings. The molecule has 180 valence electrons. The minimum atomic E-state index is -1.45. The number of aliphatic hydroxyl groups excluding tert-OH is 1. The number of thiol groups is 1. The number of rotatable bonds is 13. The summed E-state index contributed by atoms with van der Waals surface area (Å²) in [4.78, 5) is 56.0. The molecule has 6 atom stereocenters. The second-order valence-electron chi connectivity index (χ2n) is 7.57. The molecule has 1 aromatic heterocycles. The standard InChI is InChI=1S/C19H32N6O6S/c1-4-9(2)14(19(30)31)24-18(29)15(10(3)26)25-17(28)13(5-11-6-21-8-22-11)23-16(27)12(20)7-32/h6,8-10,12-15,26,32H,4-5,7,20H2,1-3H3,(H,21,22)(H,23,27)(H,24,29)(H,25,28)(H,30,31). The molecule has 0 saturated carbocycles. The van der Waals surface area contributed by atoms with Gasteiger partial charge in [0.25, 0.3) is 0 Å². The van der Waals surface area contributed by atoms with Crippen molar-refractivity contribution in [2.75, 3.05) is 5.75 Å². The van der Waals surface area contributed by atoms with Gasteiger partial charge in [0.1, 0.15) is 18.1 Å². The number of nitrogens with one attached hydrogen (secondary N) is 4. The first-order valence-corrected chi connectivity index (χ1v) is 10.8. The topological polar surface area (TPSA) is 200 Å². The Balaban J connectivity index is 3.01. The molecule has 6 unspecified atom stereocenters. The number of aromatic nitrogens is 2. The Kier molecular flexibility index (Phi) is 11.2. The van der Waals surface area contributed by atoms with Crippen LogP contribution >= 0.6 is 12.6 Å². The number of aliphatic hydroxyl groups is 1. The first-order chi connectivity index (χ1) is 15.0. The maximum atomic E-state index is 12.9. The van der Waals surface area contributed by atoms with Gasteiger partial charge in [0.2, 0.25) is 17.7 Å². The number of hydrogen-bond acceptors (Lipinski definition) is 8. The first kappa shape index (κ1) is 27.4. The average molecular weight is 473 g/mol. The van der Waals surface area contributed by atoms with Gasteiger partial charge in [0.05, 0.1) is 18.5 Å². The van der Waals surface area contributed by atoms with Gasteiger partial charge in [-0.25, -0.2) is 9.78 Å². The number of H-pyrrole nitrogens is 1. The van der Waals surface area contributed by atoms with Gasteiger partial charge in [-0.05, 0) is 12.8 Å². The lowest BCUT2D eigenvalue weighted by atomic mass is 9.98. The molecule has 0 aliphatic heterocycles. The number of nitrogens with zero attached hydrogens (tertiary/aromatic N) is 1. The summed E-state index contributed by atoms with van der Waals surface area (Å²) in [6, 6.07) is -4.75. The molecule has 1 rings (SSSR count). The number of aliphatic carboxylic acids is 1. The van der Waals surface area contributed by atoms with Crippen LogP contribution < -0.4 is 21.7 Å². The number of imidazole rings is 1. The SMILES string of the molecule is CCC(C)C(NC(=O)C(NC(=O)C(Cc1cnc[nH]1)NC(=O)C(N)CS)C(C)O)C(=O)O. The third kappa shape index (κ3) is 8.13. The Morgan fingerprint density at radius 3 is 2.22 bits per heavy atom. The molecule has 0 aliphatic rings. The monoisotopic (exact) mass is 472 g/mol. The molecule has 0 bridgehead atoms. The van der Waals surface area contributed by atoms with Gasteiger partial charge >= 0.3 is 5.97 Å². The molecular weight excluding hydrogens is 440 g/mol. The van der Waals surface area contributed by atoms with Gasteiger partial charge in [-0.15, -0.1) is 0 Å². The summed E-state index contributed by atoms with van der Waals surface area (Å²) in [5, 5.41) is 26.7. The van der Waals surface area contributed by atoms with E-state index < -0.39 is 54.0 Å². The lowest BCUT2D eigenvalue weighted by Gasteiger charge is -2.27. The van der Waals surface area contributed by atoms with Crippen LogP contribution in [0, 0.1) is 5.92 Å². The molecule has 0 saturated heterocycles. The van der Waals surface area contributed by atoms with Crippen molar-refractivity contribution >= 4 is 36.3 Å². The zero-order valence-electron chi connectivity index (χ0n) is 18.2. The first-order valence-electron chi connectivity index (χ1n) is 10.2. The predicted molar refractivity (Wildman–Crippen MR) is 119 cm³/mol. The van der Waals surface area contributed by atoms with Crippen LogP contribution in [0.15, 0.2) is 12.5 Å². The fourth-order valence-corrected chi connectivity index (χ4v) is 2.94. The largest absolute Gasteiger partial charge is 0.480 e. The van der Waals surface area contributed by atoms with Crippen molar-refractivity contribution in [3.8, 4) is 0 Å². The summed E-state index contributed by atoms with van der Waals surface area (Å²) >= 11 is 3.96. The Bertz CT molecular complexity index is 774. The number of hydrogen-bond donors (Lipinski definition) is 8. The normalized spacial score (nSPS) is 16.7. The van der Waals surface area contributed by atoms with Crippen molar-refractivity contribution in [1.29, 1.82) is 0 Å².